The number of ether oxygens (including phenoxy) is 1. The van der Waals surface area contributed by atoms with Crippen molar-refractivity contribution in [3.8, 4) is 0 Å². The van der Waals surface area contributed by atoms with Crippen LogP contribution in [0.5, 0.6) is 0 Å². The first-order valence-corrected chi connectivity index (χ1v) is 8.83. The Kier molecular flexibility index (Phi) is 3.70. The Labute approximate surface area is 127 Å². The number of hydrogen-bond donors (Lipinski definition) is 1. The van der Waals surface area contributed by atoms with Gasteiger partial charge in [-0.1, -0.05) is 0 Å². The lowest BCUT2D eigenvalue weighted by atomic mass is 9.71. The van der Waals surface area contributed by atoms with E-state index < -0.39 is 0 Å². The van der Waals surface area contributed by atoms with Gasteiger partial charge in [0.05, 0.1) is 5.92 Å². The van der Waals surface area contributed by atoms with E-state index in [-0.39, 0.29) is 11.3 Å². The lowest BCUT2D eigenvalue weighted by molar-refractivity contribution is -0.129. The predicted octanol–water partition coefficient (Wildman–Crippen LogP) is 1.65. The van der Waals surface area contributed by atoms with Crippen molar-refractivity contribution in [3.63, 3.8) is 0 Å². The summed E-state index contributed by atoms with van der Waals surface area (Å²) in [5.74, 6) is 2.19. The second-order valence-electron chi connectivity index (χ2n) is 7.85. The lowest BCUT2D eigenvalue weighted by Crippen LogP contribution is -2.44. The Balaban J connectivity index is 1.42. The van der Waals surface area contributed by atoms with Crippen LogP contribution in [0.25, 0.3) is 0 Å². The maximum Gasteiger partial charge on any atom is 0.225 e. The monoisotopic (exact) mass is 292 g/mol. The molecular formula is C17H28N2O2. The smallest absolute Gasteiger partial charge is 0.225 e. The van der Waals surface area contributed by atoms with Gasteiger partial charge in [0, 0.05) is 44.8 Å². The van der Waals surface area contributed by atoms with E-state index in [0.717, 1.165) is 57.5 Å². The molecule has 2 aliphatic carbocycles. The molecule has 0 aromatic heterocycles. The second-order valence-corrected chi connectivity index (χ2v) is 7.85. The molecular weight excluding hydrogens is 264 g/mol. The molecule has 0 aromatic rings. The van der Waals surface area contributed by atoms with Gasteiger partial charge in [-0.3, -0.25) is 4.79 Å². The van der Waals surface area contributed by atoms with Crippen LogP contribution in [0.4, 0.5) is 0 Å². The highest BCUT2D eigenvalue weighted by Gasteiger charge is 2.51. The lowest BCUT2D eigenvalue weighted by Gasteiger charge is -2.37. The quantitative estimate of drug-likeness (QED) is 0.838. The average molecular weight is 292 g/mol. The van der Waals surface area contributed by atoms with Gasteiger partial charge in [-0.2, -0.15) is 0 Å². The van der Waals surface area contributed by atoms with Crippen molar-refractivity contribution in [2.45, 2.75) is 38.5 Å². The fourth-order valence-corrected chi connectivity index (χ4v) is 4.21. The van der Waals surface area contributed by atoms with Crippen molar-refractivity contribution in [1.29, 1.82) is 0 Å². The molecule has 0 unspecified atom stereocenters. The Hall–Kier alpha value is -0.610. The van der Waals surface area contributed by atoms with Gasteiger partial charge in [0.25, 0.3) is 0 Å². The van der Waals surface area contributed by atoms with Crippen LogP contribution in [0.2, 0.25) is 0 Å². The third-order valence-corrected chi connectivity index (χ3v) is 6.00. The Morgan fingerprint density at radius 1 is 1.14 bits per heavy atom. The first-order chi connectivity index (χ1) is 10.3. The Bertz CT molecular complexity index is 398. The molecule has 4 rings (SSSR count). The molecule has 2 saturated carbocycles. The molecule has 0 radical (unpaired) electrons. The highest BCUT2D eigenvalue weighted by Crippen LogP contribution is 2.45. The summed E-state index contributed by atoms with van der Waals surface area (Å²) < 4.78 is 5.57. The molecule has 0 bridgehead atoms. The van der Waals surface area contributed by atoms with Crippen LogP contribution in [0, 0.1) is 23.2 Å². The van der Waals surface area contributed by atoms with Crippen molar-refractivity contribution in [3.05, 3.63) is 0 Å². The summed E-state index contributed by atoms with van der Waals surface area (Å²) in [5, 5.41) is 3.24. The summed E-state index contributed by atoms with van der Waals surface area (Å²) in [6, 6.07) is 0. The van der Waals surface area contributed by atoms with Crippen molar-refractivity contribution in [2.75, 3.05) is 39.4 Å². The van der Waals surface area contributed by atoms with Gasteiger partial charge in [-0.25, -0.2) is 0 Å². The molecule has 1 spiro atoms. The van der Waals surface area contributed by atoms with E-state index in [1.165, 1.54) is 32.2 Å². The number of likely N-dealkylation sites (tertiary alicyclic amines) is 1. The van der Waals surface area contributed by atoms with Crippen LogP contribution in [-0.2, 0) is 9.53 Å². The summed E-state index contributed by atoms with van der Waals surface area (Å²) in [7, 11) is 0. The summed E-state index contributed by atoms with van der Waals surface area (Å²) in [6.07, 6.45) is 7.52. The van der Waals surface area contributed by atoms with E-state index in [2.05, 4.69) is 10.2 Å². The Morgan fingerprint density at radius 2 is 1.86 bits per heavy atom. The number of nitrogens with zero attached hydrogens (tertiary/aromatic N) is 1. The van der Waals surface area contributed by atoms with Crippen molar-refractivity contribution >= 4 is 5.91 Å². The molecule has 1 N–H and O–H groups in total. The van der Waals surface area contributed by atoms with Crippen LogP contribution in [-0.4, -0.2) is 50.2 Å². The predicted molar refractivity (Wildman–Crippen MR) is 80.9 cm³/mol. The van der Waals surface area contributed by atoms with E-state index in [0.29, 0.717) is 5.91 Å². The third kappa shape index (κ3) is 3.11. The molecule has 0 aromatic carbocycles. The number of hydrogen-bond acceptors (Lipinski definition) is 3. The van der Waals surface area contributed by atoms with Gasteiger partial charge in [-0.15, -0.1) is 0 Å². The average Bonchev–Trinajstić information content (AvgIpc) is 3.38. The standard InChI is InChI=1S/C17H28N2O2/c20-16(18-9-13-1-2-13)15-11-19(10-14-3-4-14)12-17(15)5-7-21-8-6-17/h13-15H,1-12H2,(H,18,20)/t15-/m1/s1. The van der Waals surface area contributed by atoms with E-state index in [9.17, 15) is 4.79 Å². The third-order valence-electron chi connectivity index (χ3n) is 6.00. The number of carbonyl (C=O) groups excluding carboxylic acids is 1. The van der Waals surface area contributed by atoms with Crippen molar-refractivity contribution in [2.24, 2.45) is 23.2 Å². The summed E-state index contributed by atoms with van der Waals surface area (Å²) in [4.78, 5) is 15.3. The van der Waals surface area contributed by atoms with Crippen LogP contribution in [0.15, 0.2) is 0 Å². The van der Waals surface area contributed by atoms with E-state index in [1.807, 2.05) is 0 Å². The summed E-state index contributed by atoms with van der Waals surface area (Å²) in [6.45, 7) is 5.90. The topological polar surface area (TPSA) is 41.6 Å². The van der Waals surface area contributed by atoms with Crippen LogP contribution < -0.4 is 5.32 Å². The van der Waals surface area contributed by atoms with Crippen LogP contribution in [0.1, 0.15) is 38.5 Å². The van der Waals surface area contributed by atoms with Gasteiger partial charge in [0.1, 0.15) is 0 Å². The number of carbonyl (C=O) groups is 1. The number of rotatable bonds is 5. The van der Waals surface area contributed by atoms with Gasteiger partial charge >= 0.3 is 0 Å². The molecule has 2 heterocycles. The fourth-order valence-electron chi connectivity index (χ4n) is 4.21. The largest absolute Gasteiger partial charge is 0.381 e. The zero-order valence-corrected chi connectivity index (χ0v) is 13.0. The summed E-state index contributed by atoms with van der Waals surface area (Å²) >= 11 is 0. The van der Waals surface area contributed by atoms with Crippen molar-refractivity contribution < 1.29 is 9.53 Å². The van der Waals surface area contributed by atoms with Gasteiger partial charge in [0.2, 0.25) is 5.91 Å². The minimum Gasteiger partial charge on any atom is -0.381 e. The van der Waals surface area contributed by atoms with Gasteiger partial charge in [0.15, 0.2) is 0 Å². The molecule has 4 nitrogen and oxygen atoms in total. The normalized spacial score (nSPS) is 32.5. The van der Waals surface area contributed by atoms with Gasteiger partial charge < -0.3 is 15.0 Å². The maximum atomic E-state index is 12.7. The first kappa shape index (κ1) is 14.0. The molecule has 4 heteroatoms. The molecule has 1 atom stereocenters. The van der Waals surface area contributed by atoms with Gasteiger partial charge in [-0.05, 0) is 50.4 Å². The molecule has 4 fully saturated rings. The van der Waals surface area contributed by atoms with Crippen LogP contribution in [0.3, 0.4) is 0 Å². The maximum absolute atomic E-state index is 12.7. The minimum absolute atomic E-state index is 0.193. The molecule has 118 valence electrons. The van der Waals surface area contributed by atoms with E-state index in [4.69, 9.17) is 4.74 Å². The highest BCUT2D eigenvalue weighted by molar-refractivity contribution is 5.80. The molecule has 1 amide bonds. The highest BCUT2D eigenvalue weighted by atomic mass is 16.5. The minimum atomic E-state index is 0.193. The fraction of sp³-hybridized carbons (Fsp3) is 0.941. The Morgan fingerprint density at radius 3 is 2.52 bits per heavy atom. The molecule has 2 saturated heterocycles. The zero-order valence-electron chi connectivity index (χ0n) is 13.0. The molecule has 4 aliphatic rings. The first-order valence-electron chi connectivity index (χ1n) is 8.83. The van der Waals surface area contributed by atoms with E-state index >= 15 is 0 Å². The van der Waals surface area contributed by atoms with E-state index in [1.54, 1.807) is 0 Å². The zero-order chi connectivity index (χ0) is 14.3. The number of nitrogens with one attached hydrogen (secondary N) is 1. The van der Waals surface area contributed by atoms with Crippen LogP contribution >= 0.6 is 0 Å². The number of amides is 1. The van der Waals surface area contributed by atoms with Crippen molar-refractivity contribution in [1.82, 2.24) is 10.2 Å². The SMILES string of the molecule is O=C(NCC1CC1)[C@H]1CN(CC2CC2)CC12CCOCC2. The summed E-state index contributed by atoms with van der Waals surface area (Å²) in [5.41, 5.74) is 0.195. The molecule has 2 aliphatic heterocycles. The second kappa shape index (κ2) is 5.54. The molecule has 21 heavy (non-hydrogen) atoms.